The molecule has 5 nitrogen and oxygen atoms in total. The molecule has 2 aromatic carbocycles. The fraction of sp³-hybridized carbons (Fsp3) is 0.222. The molecule has 1 fully saturated rings. The molecule has 0 spiro atoms. The second kappa shape index (κ2) is 7.47. The minimum absolute atomic E-state index is 0.0227. The smallest absolute Gasteiger partial charge is 0.255 e. The van der Waals surface area contributed by atoms with Crippen LogP contribution in [0.2, 0.25) is 5.02 Å². The lowest BCUT2D eigenvalue weighted by molar-refractivity contribution is -0.117. The van der Waals surface area contributed by atoms with Crippen molar-refractivity contribution in [3.8, 4) is 0 Å². The highest BCUT2D eigenvalue weighted by atomic mass is 35.5. The Morgan fingerprint density at radius 1 is 0.958 bits per heavy atom. The van der Waals surface area contributed by atoms with Crippen molar-refractivity contribution in [1.29, 1.82) is 0 Å². The highest BCUT2D eigenvalue weighted by Gasteiger charge is 2.21. The number of benzene rings is 2. The van der Waals surface area contributed by atoms with E-state index in [1.165, 1.54) is 0 Å². The number of hydrogen-bond acceptors (Lipinski definition) is 3. The molecule has 0 aromatic heterocycles. The zero-order valence-electron chi connectivity index (χ0n) is 13.0. The van der Waals surface area contributed by atoms with Crippen LogP contribution >= 0.6 is 11.6 Å². The number of nitrogens with one attached hydrogen (secondary N) is 3. The monoisotopic (exact) mass is 343 g/mol. The molecular formula is C18H18ClN3O2. The van der Waals surface area contributed by atoms with Crippen molar-refractivity contribution in [1.82, 2.24) is 5.32 Å². The van der Waals surface area contributed by atoms with Gasteiger partial charge in [0.1, 0.15) is 0 Å². The Balaban J connectivity index is 1.58. The highest BCUT2D eigenvalue weighted by molar-refractivity contribution is 6.30. The molecule has 6 heteroatoms. The first-order valence-corrected chi connectivity index (χ1v) is 8.21. The zero-order valence-corrected chi connectivity index (χ0v) is 13.8. The van der Waals surface area contributed by atoms with Crippen LogP contribution in [-0.2, 0) is 4.79 Å². The van der Waals surface area contributed by atoms with E-state index in [0.29, 0.717) is 22.0 Å². The lowest BCUT2D eigenvalue weighted by Crippen LogP contribution is -2.35. The molecule has 2 amide bonds. The number of amides is 2. The van der Waals surface area contributed by atoms with Crippen molar-refractivity contribution in [2.75, 3.05) is 17.2 Å². The molecule has 124 valence electrons. The van der Waals surface area contributed by atoms with Gasteiger partial charge in [-0.3, -0.25) is 9.59 Å². The zero-order chi connectivity index (χ0) is 16.9. The average Bonchev–Trinajstić information content (AvgIpc) is 3.12. The topological polar surface area (TPSA) is 70.2 Å². The van der Waals surface area contributed by atoms with Crippen LogP contribution in [0.5, 0.6) is 0 Å². The predicted octanol–water partition coefficient (Wildman–Crippen LogP) is 3.28. The fourth-order valence-electron chi connectivity index (χ4n) is 2.58. The summed E-state index contributed by atoms with van der Waals surface area (Å²) < 4.78 is 0. The van der Waals surface area contributed by atoms with Gasteiger partial charge in [-0.1, -0.05) is 11.6 Å². The van der Waals surface area contributed by atoms with Crippen molar-refractivity contribution in [3.05, 3.63) is 59.1 Å². The van der Waals surface area contributed by atoms with E-state index in [1.807, 2.05) is 0 Å². The molecule has 1 atom stereocenters. The van der Waals surface area contributed by atoms with Crippen LogP contribution in [0, 0.1) is 0 Å². The molecule has 0 bridgehead atoms. The maximum Gasteiger partial charge on any atom is 0.255 e. The van der Waals surface area contributed by atoms with Crippen molar-refractivity contribution in [3.63, 3.8) is 0 Å². The van der Waals surface area contributed by atoms with E-state index in [0.717, 1.165) is 19.4 Å². The Morgan fingerprint density at radius 3 is 2.17 bits per heavy atom. The van der Waals surface area contributed by atoms with Gasteiger partial charge in [0, 0.05) is 22.0 Å². The molecule has 0 aliphatic carbocycles. The van der Waals surface area contributed by atoms with Crippen molar-refractivity contribution in [2.24, 2.45) is 0 Å². The van der Waals surface area contributed by atoms with Gasteiger partial charge in [0.15, 0.2) is 0 Å². The van der Waals surface area contributed by atoms with Gasteiger partial charge < -0.3 is 16.0 Å². The van der Waals surface area contributed by atoms with Crippen molar-refractivity contribution >= 4 is 34.8 Å². The van der Waals surface area contributed by atoms with Crippen LogP contribution in [0.1, 0.15) is 23.2 Å². The summed E-state index contributed by atoms with van der Waals surface area (Å²) in [6, 6.07) is 13.6. The molecular weight excluding hydrogens is 326 g/mol. The van der Waals surface area contributed by atoms with E-state index in [1.54, 1.807) is 48.5 Å². The summed E-state index contributed by atoms with van der Waals surface area (Å²) in [5, 5.41) is 9.42. The second-order valence-electron chi connectivity index (χ2n) is 5.68. The summed E-state index contributed by atoms with van der Waals surface area (Å²) in [5.74, 6) is -0.232. The van der Waals surface area contributed by atoms with Crippen LogP contribution in [0.15, 0.2) is 48.5 Å². The second-order valence-corrected chi connectivity index (χ2v) is 6.11. The standard InChI is InChI=1S/C18H18ClN3O2/c19-13-5-3-12(4-6-13)17(23)21-14-7-9-15(10-8-14)22-18(24)16-2-1-11-20-16/h3-10,16,20H,1-2,11H2,(H,21,23)(H,22,24)/t16-/m1/s1. The molecule has 3 rings (SSSR count). The lowest BCUT2D eigenvalue weighted by Gasteiger charge is -2.12. The molecule has 1 saturated heterocycles. The van der Waals surface area contributed by atoms with Gasteiger partial charge in [0.2, 0.25) is 5.91 Å². The normalized spacial score (nSPS) is 16.6. The van der Waals surface area contributed by atoms with Gasteiger partial charge in [-0.05, 0) is 67.9 Å². The largest absolute Gasteiger partial charge is 0.325 e. The Morgan fingerprint density at radius 2 is 1.58 bits per heavy atom. The maximum absolute atomic E-state index is 12.1. The minimum atomic E-state index is -0.210. The van der Waals surface area contributed by atoms with Crippen LogP contribution < -0.4 is 16.0 Å². The SMILES string of the molecule is O=C(Nc1ccc(NC(=O)[C@H]2CCCN2)cc1)c1ccc(Cl)cc1. The third kappa shape index (κ3) is 4.13. The van der Waals surface area contributed by atoms with Gasteiger partial charge in [-0.15, -0.1) is 0 Å². The van der Waals surface area contributed by atoms with Crippen molar-refractivity contribution in [2.45, 2.75) is 18.9 Å². The number of anilines is 2. The lowest BCUT2D eigenvalue weighted by atomic mass is 10.2. The molecule has 0 radical (unpaired) electrons. The first-order valence-electron chi connectivity index (χ1n) is 7.83. The number of hydrogen-bond donors (Lipinski definition) is 3. The van der Waals surface area contributed by atoms with Crippen LogP contribution in [0.3, 0.4) is 0 Å². The first-order chi connectivity index (χ1) is 11.6. The number of carbonyl (C=O) groups excluding carboxylic acids is 2. The van der Waals surface area contributed by atoms with E-state index >= 15 is 0 Å². The van der Waals surface area contributed by atoms with Crippen molar-refractivity contribution < 1.29 is 9.59 Å². The van der Waals surface area contributed by atoms with E-state index < -0.39 is 0 Å². The summed E-state index contributed by atoms with van der Waals surface area (Å²) >= 11 is 5.81. The third-order valence-corrected chi connectivity index (χ3v) is 4.15. The van der Waals surface area contributed by atoms with Gasteiger partial charge in [0.25, 0.3) is 5.91 Å². The van der Waals surface area contributed by atoms with Gasteiger partial charge in [-0.25, -0.2) is 0 Å². The third-order valence-electron chi connectivity index (χ3n) is 3.89. The molecule has 1 aliphatic rings. The summed E-state index contributed by atoms with van der Waals surface area (Å²) in [4.78, 5) is 24.2. The molecule has 0 saturated carbocycles. The van der Waals surface area contributed by atoms with E-state index in [2.05, 4.69) is 16.0 Å². The molecule has 3 N–H and O–H groups in total. The Labute approximate surface area is 145 Å². The van der Waals surface area contributed by atoms with Crippen LogP contribution in [0.4, 0.5) is 11.4 Å². The van der Waals surface area contributed by atoms with E-state index in [4.69, 9.17) is 11.6 Å². The average molecular weight is 344 g/mol. The maximum atomic E-state index is 12.1. The molecule has 1 aliphatic heterocycles. The molecule has 0 unspecified atom stereocenters. The van der Waals surface area contributed by atoms with Gasteiger partial charge in [0.05, 0.1) is 6.04 Å². The first kappa shape index (κ1) is 16.5. The minimum Gasteiger partial charge on any atom is -0.325 e. The molecule has 1 heterocycles. The highest BCUT2D eigenvalue weighted by Crippen LogP contribution is 2.17. The number of halogens is 1. The molecule has 24 heavy (non-hydrogen) atoms. The molecule has 2 aromatic rings. The summed E-state index contributed by atoms with van der Waals surface area (Å²) in [7, 11) is 0. The van der Waals surface area contributed by atoms with E-state index in [-0.39, 0.29) is 17.9 Å². The quantitative estimate of drug-likeness (QED) is 0.797. The van der Waals surface area contributed by atoms with Gasteiger partial charge >= 0.3 is 0 Å². The van der Waals surface area contributed by atoms with Crippen LogP contribution in [0.25, 0.3) is 0 Å². The summed E-state index contributed by atoms with van der Waals surface area (Å²) in [6.07, 6.45) is 1.88. The Bertz CT molecular complexity index is 723. The number of carbonyl (C=O) groups is 2. The van der Waals surface area contributed by atoms with Crippen LogP contribution in [-0.4, -0.2) is 24.4 Å². The van der Waals surface area contributed by atoms with E-state index in [9.17, 15) is 9.59 Å². The Kier molecular flexibility index (Phi) is 5.13. The van der Waals surface area contributed by atoms with Gasteiger partial charge in [-0.2, -0.15) is 0 Å². The number of rotatable bonds is 4. The summed E-state index contributed by atoms with van der Waals surface area (Å²) in [6.45, 7) is 0.883. The summed E-state index contributed by atoms with van der Waals surface area (Å²) in [5.41, 5.74) is 1.90. The Hall–Kier alpha value is -2.37. The fourth-order valence-corrected chi connectivity index (χ4v) is 2.71. The predicted molar refractivity (Wildman–Crippen MR) is 95.5 cm³/mol.